The van der Waals surface area contributed by atoms with E-state index in [1.807, 2.05) is 0 Å². The number of sulfone groups is 1. The molecule has 2 N–H and O–H groups in total. The van der Waals surface area contributed by atoms with Crippen LogP contribution in [0.15, 0.2) is 28.0 Å². The van der Waals surface area contributed by atoms with E-state index in [0.29, 0.717) is 5.56 Å². The number of hydrogen-bond acceptors (Lipinski definition) is 4. The molecule has 1 aromatic rings. The highest BCUT2D eigenvalue weighted by Crippen LogP contribution is 2.38. The molecule has 2 rings (SSSR count). The molecular formula is C11H10O5S. The number of aliphatic carboxylic acids is 1. The molecule has 1 aromatic carbocycles. The van der Waals surface area contributed by atoms with Crippen LogP contribution >= 0.6 is 0 Å². The second-order valence-electron chi connectivity index (χ2n) is 3.83. The van der Waals surface area contributed by atoms with Crippen LogP contribution < -0.4 is 0 Å². The van der Waals surface area contributed by atoms with E-state index in [1.54, 1.807) is 0 Å². The summed E-state index contributed by atoms with van der Waals surface area (Å²) in [4.78, 5) is 10.6. The molecule has 0 amide bonds. The predicted molar refractivity (Wildman–Crippen MR) is 60.1 cm³/mol. The average molecular weight is 254 g/mol. The van der Waals surface area contributed by atoms with Crippen molar-refractivity contribution in [1.82, 2.24) is 0 Å². The lowest BCUT2D eigenvalue weighted by Gasteiger charge is -2.07. The number of fused-ring (bicyclic) bond motifs is 1. The molecule has 17 heavy (non-hydrogen) atoms. The van der Waals surface area contributed by atoms with Gasteiger partial charge in [-0.3, -0.25) is 4.79 Å². The average Bonchev–Trinajstić information content (AvgIpc) is 2.50. The maximum atomic E-state index is 12.0. The number of aromatic hydroxyl groups is 1. The number of phenolic OH excluding ortho intramolecular Hbond substituents is 1. The maximum absolute atomic E-state index is 12.0. The van der Waals surface area contributed by atoms with Crippen LogP contribution in [0.3, 0.4) is 0 Å². The lowest BCUT2D eigenvalue weighted by Crippen LogP contribution is -2.16. The van der Waals surface area contributed by atoms with E-state index >= 15 is 0 Å². The molecule has 5 nitrogen and oxygen atoms in total. The van der Waals surface area contributed by atoms with Gasteiger partial charge in [0.15, 0.2) is 0 Å². The second-order valence-corrected chi connectivity index (χ2v) is 5.75. The van der Waals surface area contributed by atoms with Crippen molar-refractivity contribution in [3.8, 4) is 5.75 Å². The summed E-state index contributed by atoms with van der Waals surface area (Å²) < 4.78 is 24.1. The highest BCUT2D eigenvalue weighted by molar-refractivity contribution is 7.95. The van der Waals surface area contributed by atoms with Crippen molar-refractivity contribution in [3.05, 3.63) is 28.7 Å². The van der Waals surface area contributed by atoms with Crippen LogP contribution in [0.2, 0.25) is 0 Å². The van der Waals surface area contributed by atoms with E-state index in [-0.39, 0.29) is 15.6 Å². The smallest absolute Gasteiger partial charge is 0.311 e. The lowest BCUT2D eigenvalue weighted by molar-refractivity contribution is -0.139. The van der Waals surface area contributed by atoms with Gasteiger partial charge in [0.1, 0.15) is 5.75 Å². The van der Waals surface area contributed by atoms with Gasteiger partial charge in [-0.2, -0.15) is 0 Å². The van der Waals surface area contributed by atoms with Crippen molar-refractivity contribution in [3.63, 3.8) is 0 Å². The minimum absolute atomic E-state index is 0.0411. The quantitative estimate of drug-likeness (QED) is 0.828. The van der Waals surface area contributed by atoms with Crippen LogP contribution in [0.4, 0.5) is 0 Å². The van der Waals surface area contributed by atoms with Crippen molar-refractivity contribution < 1.29 is 23.4 Å². The zero-order valence-electron chi connectivity index (χ0n) is 8.91. The molecule has 0 aliphatic carbocycles. The van der Waals surface area contributed by atoms with Crippen LogP contribution in [0.5, 0.6) is 5.75 Å². The fraction of sp³-hybridized carbons (Fsp3) is 0.182. The third-order valence-corrected chi connectivity index (χ3v) is 4.72. The Balaban J connectivity index is 2.61. The van der Waals surface area contributed by atoms with E-state index in [2.05, 4.69) is 0 Å². The molecule has 1 aliphatic rings. The first-order chi connectivity index (χ1) is 7.84. The largest absolute Gasteiger partial charge is 0.508 e. The molecule has 1 aliphatic heterocycles. The van der Waals surface area contributed by atoms with Gasteiger partial charge in [-0.25, -0.2) is 8.42 Å². The fourth-order valence-electron chi connectivity index (χ4n) is 1.71. The van der Waals surface area contributed by atoms with Crippen molar-refractivity contribution in [2.24, 2.45) is 5.92 Å². The zero-order valence-corrected chi connectivity index (χ0v) is 9.73. The number of carboxylic acids is 1. The highest BCUT2D eigenvalue weighted by atomic mass is 32.2. The molecule has 0 saturated carbocycles. The van der Waals surface area contributed by atoms with Crippen LogP contribution in [-0.2, 0) is 14.6 Å². The zero-order chi connectivity index (χ0) is 12.8. The number of phenols is 1. The Kier molecular flexibility index (Phi) is 2.46. The standard InChI is InChI=1S/C11H10O5S/c1-6(11(13)14)9-4-7-2-3-8(12)5-10(7)17(9,15)16/h2-6,12H,1H3,(H,13,14). The van der Waals surface area contributed by atoms with Crippen molar-refractivity contribution in [1.29, 1.82) is 0 Å². The van der Waals surface area contributed by atoms with E-state index in [9.17, 15) is 18.3 Å². The SMILES string of the molecule is CC(C(=O)O)C1=Cc2ccc(O)cc2S1(=O)=O. The number of benzene rings is 1. The summed E-state index contributed by atoms with van der Waals surface area (Å²) in [6.45, 7) is 1.32. The van der Waals surface area contributed by atoms with E-state index in [4.69, 9.17) is 5.11 Å². The molecule has 1 atom stereocenters. The van der Waals surface area contributed by atoms with Gasteiger partial charge in [0, 0.05) is 0 Å². The first kappa shape index (κ1) is 11.7. The van der Waals surface area contributed by atoms with Gasteiger partial charge in [0.2, 0.25) is 9.84 Å². The van der Waals surface area contributed by atoms with Crippen molar-refractivity contribution >= 4 is 21.9 Å². The third-order valence-electron chi connectivity index (χ3n) is 2.69. The van der Waals surface area contributed by atoms with Gasteiger partial charge in [0.05, 0.1) is 15.7 Å². The van der Waals surface area contributed by atoms with Crippen LogP contribution in [0, 0.1) is 5.92 Å². The lowest BCUT2D eigenvalue weighted by atomic mass is 10.1. The maximum Gasteiger partial charge on any atom is 0.311 e. The normalized spacial score (nSPS) is 18.3. The Bertz CT molecular complexity index is 627. The topological polar surface area (TPSA) is 91.7 Å². The summed E-state index contributed by atoms with van der Waals surface area (Å²) in [6.07, 6.45) is 1.34. The van der Waals surface area contributed by atoms with Gasteiger partial charge in [-0.1, -0.05) is 0 Å². The molecular weight excluding hydrogens is 244 g/mol. The minimum Gasteiger partial charge on any atom is -0.508 e. The Morgan fingerprint density at radius 1 is 1.35 bits per heavy atom. The van der Waals surface area contributed by atoms with Crippen LogP contribution in [-0.4, -0.2) is 24.6 Å². The highest BCUT2D eigenvalue weighted by Gasteiger charge is 2.35. The molecule has 0 radical (unpaired) electrons. The molecule has 1 unspecified atom stereocenters. The van der Waals surface area contributed by atoms with Gasteiger partial charge in [-0.15, -0.1) is 0 Å². The summed E-state index contributed by atoms with van der Waals surface area (Å²) in [7, 11) is -3.79. The first-order valence-electron chi connectivity index (χ1n) is 4.86. The van der Waals surface area contributed by atoms with Gasteiger partial charge in [-0.05, 0) is 36.8 Å². The van der Waals surface area contributed by atoms with Crippen molar-refractivity contribution in [2.75, 3.05) is 0 Å². The molecule has 0 fully saturated rings. The third kappa shape index (κ3) is 1.70. The minimum atomic E-state index is -3.79. The second kappa shape index (κ2) is 3.59. The molecule has 6 heteroatoms. The molecule has 90 valence electrons. The van der Waals surface area contributed by atoms with Crippen LogP contribution in [0.25, 0.3) is 6.08 Å². The molecule has 1 heterocycles. The summed E-state index contributed by atoms with van der Waals surface area (Å²) in [5, 5.41) is 18.1. The summed E-state index contributed by atoms with van der Waals surface area (Å²) >= 11 is 0. The Hall–Kier alpha value is -1.82. The van der Waals surface area contributed by atoms with Gasteiger partial charge < -0.3 is 10.2 Å². The summed E-state index contributed by atoms with van der Waals surface area (Å²) in [5.74, 6) is -2.46. The number of carboxylic acid groups (broad SMARTS) is 1. The monoisotopic (exact) mass is 254 g/mol. The van der Waals surface area contributed by atoms with Gasteiger partial charge in [0.25, 0.3) is 0 Å². The molecule has 0 saturated heterocycles. The molecule has 0 bridgehead atoms. The van der Waals surface area contributed by atoms with E-state index in [1.165, 1.54) is 25.1 Å². The van der Waals surface area contributed by atoms with E-state index in [0.717, 1.165) is 6.07 Å². The molecule has 0 spiro atoms. The Labute approximate surface area is 97.9 Å². The Morgan fingerprint density at radius 2 is 2.00 bits per heavy atom. The molecule has 0 aromatic heterocycles. The fourth-order valence-corrected chi connectivity index (χ4v) is 3.53. The predicted octanol–water partition coefficient (Wildman–Crippen LogP) is 1.24. The number of carbonyl (C=O) groups is 1. The Morgan fingerprint density at radius 3 is 2.59 bits per heavy atom. The van der Waals surface area contributed by atoms with Crippen LogP contribution in [0.1, 0.15) is 12.5 Å². The van der Waals surface area contributed by atoms with E-state index < -0.39 is 21.7 Å². The number of hydrogen-bond donors (Lipinski definition) is 2. The summed E-state index contributed by atoms with van der Waals surface area (Å²) in [5.41, 5.74) is 0.408. The first-order valence-corrected chi connectivity index (χ1v) is 6.35. The number of rotatable bonds is 2. The van der Waals surface area contributed by atoms with Gasteiger partial charge >= 0.3 is 5.97 Å². The van der Waals surface area contributed by atoms with Crippen molar-refractivity contribution in [2.45, 2.75) is 11.8 Å². The summed E-state index contributed by atoms with van der Waals surface area (Å²) in [6, 6.07) is 3.94.